The standard InChI is InChI=1S/C15H16ClNOS.ClH/c16-11-5-7-12(8-6-11)19-15-4-2-1-3-13(15)14(17)9-10-18;/h1-8,14,18H,9-10,17H2;1H/t14-;/m1./s1. The van der Waals surface area contributed by atoms with E-state index in [1.165, 1.54) is 0 Å². The van der Waals surface area contributed by atoms with Crippen LogP contribution in [0, 0.1) is 0 Å². The Balaban J connectivity index is 0.00000200. The highest BCUT2D eigenvalue weighted by Gasteiger charge is 2.11. The summed E-state index contributed by atoms with van der Waals surface area (Å²) < 4.78 is 0. The molecule has 1 atom stereocenters. The molecule has 0 spiro atoms. The maximum Gasteiger partial charge on any atom is 0.0449 e. The summed E-state index contributed by atoms with van der Waals surface area (Å²) in [5.74, 6) is 0. The third-order valence-corrected chi connectivity index (χ3v) is 4.15. The van der Waals surface area contributed by atoms with Gasteiger partial charge in [0.15, 0.2) is 0 Å². The maximum absolute atomic E-state index is 9.01. The van der Waals surface area contributed by atoms with E-state index in [1.807, 2.05) is 48.5 Å². The minimum atomic E-state index is -0.138. The molecule has 0 aliphatic rings. The van der Waals surface area contributed by atoms with Crippen molar-refractivity contribution in [1.82, 2.24) is 0 Å². The number of rotatable bonds is 5. The smallest absolute Gasteiger partial charge is 0.0449 e. The van der Waals surface area contributed by atoms with Gasteiger partial charge in [0.1, 0.15) is 0 Å². The van der Waals surface area contributed by atoms with Gasteiger partial charge in [0.2, 0.25) is 0 Å². The Kier molecular flexibility index (Phi) is 7.41. The zero-order valence-electron chi connectivity index (χ0n) is 10.8. The molecular formula is C15H17Cl2NOS. The van der Waals surface area contributed by atoms with E-state index < -0.39 is 0 Å². The van der Waals surface area contributed by atoms with E-state index in [0.717, 1.165) is 20.4 Å². The molecule has 2 aromatic rings. The van der Waals surface area contributed by atoms with Gasteiger partial charge in [-0.25, -0.2) is 0 Å². The predicted molar refractivity (Wildman–Crippen MR) is 87.9 cm³/mol. The largest absolute Gasteiger partial charge is 0.396 e. The second-order valence-corrected chi connectivity index (χ2v) is 5.76. The van der Waals surface area contributed by atoms with E-state index in [2.05, 4.69) is 0 Å². The first-order valence-corrected chi connectivity index (χ1v) is 7.29. The fraction of sp³-hybridized carbons (Fsp3) is 0.200. The first kappa shape index (κ1) is 17.3. The van der Waals surface area contributed by atoms with Crippen LogP contribution in [0.1, 0.15) is 18.0 Å². The van der Waals surface area contributed by atoms with Crippen molar-refractivity contribution in [1.29, 1.82) is 0 Å². The summed E-state index contributed by atoms with van der Waals surface area (Å²) in [6.45, 7) is 0.0983. The molecule has 0 aliphatic heterocycles. The molecule has 3 N–H and O–H groups in total. The Hall–Kier alpha value is -0.710. The molecule has 0 radical (unpaired) electrons. The van der Waals surface area contributed by atoms with Crippen LogP contribution in [-0.4, -0.2) is 11.7 Å². The lowest BCUT2D eigenvalue weighted by Gasteiger charge is -2.15. The van der Waals surface area contributed by atoms with Crippen molar-refractivity contribution in [3.05, 3.63) is 59.1 Å². The van der Waals surface area contributed by atoms with Crippen LogP contribution in [0.3, 0.4) is 0 Å². The fourth-order valence-electron chi connectivity index (χ4n) is 1.80. The van der Waals surface area contributed by atoms with Crippen LogP contribution in [0.25, 0.3) is 0 Å². The van der Waals surface area contributed by atoms with Crippen molar-refractivity contribution in [3.63, 3.8) is 0 Å². The van der Waals surface area contributed by atoms with E-state index in [1.54, 1.807) is 11.8 Å². The van der Waals surface area contributed by atoms with Gasteiger partial charge in [-0.3, -0.25) is 0 Å². The lowest BCUT2D eigenvalue weighted by atomic mass is 10.1. The highest BCUT2D eigenvalue weighted by molar-refractivity contribution is 7.99. The number of aliphatic hydroxyl groups is 1. The monoisotopic (exact) mass is 329 g/mol. The third kappa shape index (κ3) is 4.69. The normalized spacial score (nSPS) is 11.8. The molecule has 0 aromatic heterocycles. The van der Waals surface area contributed by atoms with Crippen molar-refractivity contribution in [3.8, 4) is 0 Å². The van der Waals surface area contributed by atoms with Gasteiger partial charge in [-0.15, -0.1) is 12.4 Å². The first-order valence-electron chi connectivity index (χ1n) is 6.09. The summed E-state index contributed by atoms with van der Waals surface area (Å²) in [7, 11) is 0. The molecule has 0 unspecified atom stereocenters. The van der Waals surface area contributed by atoms with E-state index in [0.29, 0.717) is 6.42 Å². The predicted octanol–water partition coefficient (Wildman–Crippen LogP) is 4.30. The summed E-state index contributed by atoms with van der Waals surface area (Å²) in [6, 6.07) is 15.6. The zero-order chi connectivity index (χ0) is 13.7. The Morgan fingerprint density at radius 3 is 2.40 bits per heavy atom. The molecule has 0 saturated carbocycles. The number of benzene rings is 2. The molecule has 20 heavy (non-hydrogen) atoms. The van der Waals surface area contributed by atoms with Crippen LogP contribution < -0.4 is 5.73 Å². The van der Waals surface area contributed by atoms with E-state index in [-0.39, 0.29) is 25.1 Å². The molecule has 2 nitrogen and oxygen atoms in total. The molecule has 2 rings (SSSR count). The summed E-state index contributed by atoms with van der Waals surface area (Å²) in [5, 5.41) is 9.74. The van der Waals surface area contributed by atoms with Gasteiger partial charge in [-0.1, -0.05) is 41.6 Å². The first-order chi connectivity index (χ1) is 9.20. The summed E-state index contributed by atoms with van der Waals surface area (Å²) in [4.78, 5) is 2.24. The Bertz CT molecular complexity index is 534. The van der Waals surface area contributed by atoms with E-state index in [9.17, 15) is 0 Å². The molecule has 5 heteroatoms. The minimum Gasteiger partial charge on any atom is -0.396 e. The topological polar surface area (TPSA) is 46.2 Å². The van der Waals surface area contributed by atoms with Crippen LogP contribution in [0.4, 0.5) is 0 Å². The van der Waals surface area contributed by atoms with Crippen molar-refractivity contribution in [2.45, 2.75) is 22.3 Å². The van der Waals surface area contributed by atoms with Crippen LogP contribution >= 0.6 is 35.8 Å². The molecular weight excluding hydrogens is 313 g/mol. The number of hydrogen-bond donors (Lipinski definition) is 2. The molecule has 0 aliphatic carbocycles. The van der Waals surface area contributed by atoms with Gasteiger partial charge < -0.3 is 10.8 Å². The Morgan fingerprint density at radius 1 is 1.10 bits per heavy atom. The second kappa shape index (κ2) is 8.55. The van der Waals surface area contributed by atoms with Crippen LogP contribution in [0.2, 0.25) is 5.02 Å². The molecule has 0 bridgehead atoms. The van der Waals surface area contributed by atoms with Gasteiger partial charge >= 0.3 is 0 Å². The molecule has 2 aromatic carbocycles. The Labute approximate surface area is 134 Å². The minimum absolute atomic E-state index is 0. The van der Waals surface area contributed by atoms with E-state index >= 15 is 0 Å². The summed E-state index contributed by atoms with van der Waals surface area (Å²) in [5.41, 5.74) is 7.16. The lowest BCUT2D eigenvalue weighted by Crippen LogP contribution is -2.12. The third-order valence-electron chi connectivity index (χ3n) is 2.80. The number of nitrogens with two attached hydrogens (primary N) is 1. The summed E-state index contributed by atoms with van der Waals surface area (Å²) in [6.07, 6.45) is 0.568. The van der Waals surface area contributed by atoms with Crippen molar-refractivity contribution in [2.75, 3.05) is 6.61 Å². The van der Waals surface area contributed by atoms with Crippen molar-refractivity contribution >= 4 is 35.8 Å². The van der Waals surface area contributed by atoms with Crippen molar-refractivity contribution in [2.24, 2.45) is 5.73 Å². The Morgan fingerprint density at radius 2 is 1.75 bits per heavy atom. The van der Waals surface area contributed by atoms with Gasteiger partial charge in [0.25, 0.3) is 0 Å². The fourth-order valence-corrected chi connectivity index (χ4v) is 2.94. The van der Waals surface area contributed by atoms with Gasteiger partial charge in [-0.05, 0) is 42.3 Å². The molecule has 0 fully saturated rings. The molecule has 108 valence electrons. The zero-order valence-corrected chi connectivity index (χ0v) is 13.2. The number of hydrogen-bond acceptors (Lipinski definition) is 3. The van der Waals surface area contributed by atoms with Gasteiger partial charge in [0.05, 0.1) is 0 Å². The average molecular weight is 330 g/mol. The quantitative estimate of drug-likeness (QED) is 0.859. The van der Waals surface area contributed by atoms with E-state index in [4.69, 9.17) is 22.4 Å². The number of aliphatic hydroxyl groups excluding tert-OH is 1. The van der Waals surface area contributed by atoms with Crippen LogP contribution in [-0.2, 0) is 0 Å². The van der Waals surface area contributed by atoms with Crippen LogP contribution in [0.5, 0.6) is 0 Å². The highest BCUT2D eigenvalue weighted by Crippen LogP contribution is 2.33. The lowest BCUT2D eigenvalue weighted by molar-refractivity contribution is 0.276. The second-order valence-electron chi connectivity index (χ2n) is 4.21. The van der Waals surface area contributed by atoms with Gasteiger partial charge in [-0.2, -0.15) is 0 Å². The van der Waals surface area contributed by atoms with Crippen LogP contribution in [0.15, 0.2) is 58.3 Å². The maximum atomic E-state index is 9.01. The average Bonchev–Trinajstić information content (AvgIpc) is 2.42. The molecule has 0 amide bonds. The number of halogens is 2. The highest BCUT2D eigenvalue weighted by atomic mass is 35.5. The molecule has 0 heterocycles. The summed E-state index contributed by atoms with van der Waals surface area (Å²) >= 11 is 7.54. The SMILES string of the molecule is Cl.N[C@H](CCO)c1ccccc1Sc1ccc(Cl)cc1. The van der Waals surface area contributed by atoms with Crippen molar-refractivity contribution < 1.29 is 5.11 Å². The van der Waals surface area contributed by atoms with Gasteiger partial charge in [0, 0.05) is 27.5 Å². The molecule has 0 saturated heterocycles.